The van der Waals surface area contributed by atoms with Gasteiger partial charge < -0.3 is 19.9 Å². The van der Waals surface area contributed by atoms with Crippen molar-refractivity contribution in [2.24, 2.45) is 0 Å². The Morgan fingerprint density at radius 3 is 2.70 bits per heavy atom. The van der Waals surface area contributed by atoms with Crippen molar-refractivity contribution in [3.8, 4) is 11.5 Å². The number of pyridine rings is 2. The minimum absolute atomic E-state index is 0.0957. The molecule has 0 saturated carbocycles. The molecule has 2 N–H and O–H groups in total. The fourth-order valence-electron chi connectivity index (χ4n) is 4.49. The first-order valence-corrected chi connectivity index (χ1v) is 17.3. The Bertz CT molecular complexity index is 1480. The lowest BCUT2D eigenvalue weighted by Gasteiger charge is -2.16. The maximum Gasteiger partial charge on any atom is 0.239 e. The third-order valence-electron chi connectivity index (χ3n) is 6.65. The van der Waals surface area contributed by atoms with E-state index >= 15 is 0 Å². The summed E-state index contributed by atoms with van der Waals surface area (Å²) in [5, 5.41) is 6.99. The van der Waals surface area contributed by atoms with Gasteiger partial charge in [0.25, 0.3) is 0 Å². The van der Waals surface area contributed by atoms with Crippen molar-refractivity contribution in [1.82, 2.24) is 29.4 Å². The molecule has 0 spiro atoms. The van der Waals surface area contributed by atoms with Crippen LogP contribution in [0.3, 0.4) is 0 Å². The number of aromatic nitrogens is 5. The highest BCUT2D eigenvalue weighted by atomic mass is 28.3. The minimum atomic E-state index is -1.22. The quantitative estimate of drug-likeness (QED) is 0.147. The Kier molecular flexibility index (Phi) is 8.48. The van der Waals surface area contributed by atoms with E-state index in [1.54, 1.807) is 30.5 Å². The molecule has 12 heteroatoms. The van der Waals surface area contributed by atoms with Gasteiger partial charge in [-0.25, -0.2) is 19.9 Å². The number of anilines is 3. The van der Waals surface area contributed by atoms with Gasteiger partial charge in [-0.05, 0) is 56.2 Å². The maximum absolute atomic E-state index is 14.0. The number of amides is 1. The summed E-state index contributed by atoms with van der Waals surface area (Å²) in [6.45, 7) is 10.2. The van der Waals surface area contributed by atoms with Crippen LogP contribution in [0.5, 0.6) is 0 Å². The van der Waals surface area contributed by atoms with E-state index in [-0.39, 0.29) is 11.7 Å². The number of ether oxygens (including phenoxy) is 1. The summed E-state index contributed by atoms with van der Waals surface area (Å²) in [5.74, 6) is 0.544. The number of fused-ring (bicyclic) bond motifs is 1. The van der Waals surface area contributed by atoms with Crippen LogP contribution in [-0.4, -0.2) is 69.6 Å². The van der Waals surface area contributed by atoms with E-state index in [9.17, 15) is 9.18 Å². The summed E-state index contributed by atoms with van der Waals surface area (Å²) < 4.78 is 21.8. The summed E-state index contributed by atoms with van der Waals surface area (Å²) in [6, 6.07) is 11.1. The van der Waals surface area contributed by atoms with Gasteiger partial charge >= 0.3 is 0 Å². The number of carbonyl (C=O) groups is 1. The molecule has 0 radical (unpaired) electrons. The largest absolute Gasteiger partial charge is 0.361 e. The summed E-state index contributed by atoms with van der Waals surface area (Å²) in [4.78, 5) is 32.4. The third kappa shape index (κ3) is 7.26. The summed E-state index contributed by atoms with van der Waals surface area (Å²) in [6.07, 6.45) is 5.77. The molecule has 0 aromatic carbocycles. The smallest absolute Gasteiger partial charge is 0.239 e. The fraction of sp³-hybridized carbons (Fsp3) is 0.393. The lowest BCUT2D eigenvalue weighted by Crippen LogP contribution is -2.31. The number of carbonyl (C=O) groups excluding carboxylic acids is 1. The van der Waals surface area contributed by atoms with Crippen LogP contribution in [0.15, 0.2) is 48.8 Å². The van der Waals surface area contributed by atoms with Gasteiger partial charge in [-0.15, -0.1) is 0 Å². The van der Waals surface area contributed by atoms with Crippen molar-refractivity contribution < 1.29 is 13.9 Å². The zero-order valence-electron chi connectivity index (χ0n) is 23.2. The highest BCUT2D eigenvalue weighted by Gasteiger charge is 2.18. The molecule has 1 saturated heterocycles. The van der Waals surface area contributed by atoms with Crippen molar-refractivity contribution in [2.75, 3.05) is 36.9 Å². The van der Waals surface area contributed by atoms with Crippen LogP contribution < -0.4 is 10.6 Å². The summed E-state index contributed by atoms with van der Waals surface area (Å²) in [7, 11) is -1.22. The number of likely N-dealkylation sites (tertiary alicyclic amines) is 1. The van der Waals surface area contributed by atoms with Crippen molar-refractivity contribution in [3.05, 3.63) is 54.7 Å². The Balaban J connectivity index is 1.40. The topological polar surface area (TPSA) is 110 Å². The lowest BCUT2D eigenvalue weighted by atomic mass is 10.3. The predicted molar refractivity (Wildman–Crippen MR) is 157 cm³/mol. The van der Waals surface area contributed by atoms with Crippen LogP contribution >= 0.6 is 0 Å². The van der Waals surface area contributed by atoms with E-state index in [0.29, 0.717) is 48.5 Å². The van der Waals surface area contributed by atoms with E-state index in [1.165, 1.54) is 6.07 Å². The normalized spacial score (nSPS) is 14.1. The van der Waals surface area contributed by atoms with Gasteiger partial charge in [-0.2, -0.15) is 4.39 Å². The molecule has 1 amide bonds. The number of hydrogen-bond donors (Lipinski definition) is 2. The molecule has 1 aliphatic heterocycles. The van der Waals surface area contributed by atoms with Crippen molar-refractivity contribution >= 4 is 42.3 Å². The van der Waals surface area contributed by atoms with Gasteiger partial charge in [0.15, 0.2) is 5.82 Å². The average molecular weight is 563 g/mol. The van der Waals surface area contributed by atoms with Crippen LogP contribution in [0.25, 0.3) is 22.6 Å². The summed E-state index contributed by atoms with van der Waals surface area (Å²) in [5.41, 5.74) is 1.64. The van der Waals surface area contributed by atoms with Gasteiger partial charge in [0.2, 0.25) is 11.9 Å². The van der Waals surface area contributed by atoms with E-state index < -0.39 is 14.0 Å². The number of nitrogens with one attached hydrogen (secondary N) is 2. The van der Waals surface area contributed by atoms with Crippen molar-refractivity contribution in [2.45, 2.75) is 45.3 Å². The average Bonchev–Trinajstić information content (AvgIpc) is 3.56. The molecule has 0 aliphatic carbocycles. The SMILES string of the molecule is C[Si](C)(C)CCOCn1ccc2c(Nc3ccnc(NC(=O)CN4CCCC4)c3)nc(-c3cccc(F)n3)nc21. The van der Waals surface area contributed by atoms with Crippen molar-refractivity contribution in [3.63, 3.8) is 0 Å². The first kappa shape index (κ1) is 27.8. The van der Waals surface area contributed by atoms with E-state index in [4.69, 9.17) is 14.7 Å². The second-order valence-electron chi connectivity index (χ2n) is 11.2. The van der Waals surface area contributed by atoms with Gasteiger partial charge in [0.05, 0.1) is 11.9 Å². The second kappa shape index (κ2) is 12.2. The molecule has 0 unspecified atom stereocenters. The van der Waals surface area contributed by atoms with Crippen LogP contribution in [-0.2, 0) is 16.3 Å². The third-order valence-corrected chi connectivity index (χ3v) is 8.35. The zero-order chi connectivity index (χ0) is 28.1. The van der Waals surface area contributed by atoms with Crippen LogP contribution in [0.1, 0.15) is 12.8 Å². The molecule has 5 heterocycles. The fourth-order valence-corrected chi connectivity index (χ4v) is 5.25. The molecule has 1 fully saturated rings. The van der Waals surface area contributed by atoms with E-state index in [2.05, 4.69) is 45.1 Å². The van der Waals surface area contributed by atoms with Gasteiger partial charge in [-0.3, -0.25) is 9.69 Å². The molecule has 4 aromatic rings. The Morgan fingerprint density at radius 2 is 1.93 bits per heavy atom. The monoisotopic (exact) mass is 562 g/mol. The molecule has 4 aromatic heterocycles. The van der Waals surface area contributed by atoms with Crippen molar-refractivity contribution in [1.29, 1.82) is 0 Å². The molecule has 0 atom stereocenters. The van der Waals surface area contributed by atoms with E-state index in [0.717, 1.165) is 37.4 Å². The molecule has 5 rings (SSSR count). The zero-order valence-corrected chi connectivity index (χ0v) is 24.2. The number of hydrogen-bond acceptors (Lipinski definition) is 8. The lowest BCUT2D eigenvalue weighted by molar-refractivity contribution is -0.117. The molecular formula is C28H35FN8O2Si. The second-order valence-corrected chi connectivity index (χ2v) is 16.8. The summed E-state index contributed by atoms with van der Waals surface area (Å²) >= 11 is 0. The van der Waals surface area contributed by atoms with Crippen LogP contribution in [0, 0.1) is 5.95 Å². The maximum atomic E-state index is 14.0. The number of halogens is 1. The van der Waals surface area contributed by atoms with Gasteiger partial charge in [0.1, 0.15) is 29.7 Å². The number of nitrogens with zero attached hydrogens (tertiary/aromatic N) is 6. The highest BCUT2D eigenvalue weighted by Crippen LogP contribution is 2.28. The molecule has 40 heavy (non-hydrogen) atoms. The molecular weight excluding hydrogens is 527 g/mol. The van der Waals surface area contributed by atoms with Gasteiger partial charge in [-0.1, -0.05) is 25.7 Å². The molecule has 0 bridgehead atoms. The molecule has 1 aliphatic rings. The van der Waals surface area contributed by atoms with Crippen LogP contribution in [0.2, 0.25) is 25.7 Å². The van der Waals surface area contributed by atoms with Gasteiger partial charge in [0, 0.05) is 38.8 Å². The first-order chi connectivity index (χ1) is 19.2. The standard InChI is InChI=1S/C28H35FN8O2Si/c1-40(2,3)16-15-39-19-37-14-10-21-26(34-27(35-28(21)37)22-7-6-8-23(29)32-22)31-20-9-11-30-24(17-20)33-25(38)18-36-12-4-5-13-36/h6-11,14,17H,4-5,12-13,15-16,18-19H2,1-3H3,(H2,30,31,33,34,35,38). The molecule has 10 nitrogen and oxygen atoms in total. The van der Waals surface area contributed by atoms with Crippen LogP contribution in [0.4, 0.5) is 21.7 Å². The minimum Gasteiger partial charge on any atom is -0.361 e. The Morgan fingerprint density at radius 1 is 1.10 bits per heavy atom. The highest BCUT2D eigenvalue weighted by molar-refractivity contribution is 6.76. The Hall–Kier alpha value is -3.74. The Labute approximate surface area is 234 Å². The molecule has 210 valence electrons. The van der Waals surface area contributed by atoms with E-state index in [1.807, 2.05) is 16.8 Å². The first-order valence-electron chi connectivity index (χ1n) is 13.6. The number of rotatable bonds is 11. The predicted octanol–water partition coefficient (Wildman–Crippen LogP) is 5.12.